The number of hydrogen-bond acceptors (Lipinski definition) is 2. The summed E-state index contributed by atoms with van der Waals surface area (Å²) in [5.41, 5.74) is 1.40. The van der Waals surface area contributed by atoms with Crippen LogP contribution in [0.3, 0.4) is 0 Å². The summed E-state index contributed by atoms with van der Waals surface area (Å²) in [7, 11) is 2.06. The Kier molecular flexibility index (Phi) is 6.15. The first-order valence-corrected chi connectivity index (χ1v) is 7.77. The van der Waals surface area contributed by atoms with E-state index in [1.54, 1.807) is 0 Å². The van der Waals surface area contributed by atoms with Gasteiger partial charge < -0.3 is 10.2 Å². The average molecular weight is 281 g/mol. The number of rotatable bonds is 6. The number of nitrogens with zero attached hydrogens (tertiary/aromatic N) is 1. The van der Waals surface area contributed by atoms with E-state index in [4.69, 9.17) is 11.6 Å². The molecule has 0 amide bonds. The second-order valence-corrected chi connectivity index (χ2v) is 6.03. The fraction of sp³-hybridized carbons (Fsp3) is 0.625. The fourth-order valence-electron chi connectivity index (χ4n) is 2.97. The monoisotopic (exact) mass is 280 g/mol. The molecule has 1 heterocycles. The van der Waals surface area contributed by atoms with Crippen molar-refractivity contribution in [1.29, 1.82) is 0 Å². The summed E-state index contributed by atoms with van der Waals surface area (Å²) in [6.45, 7) is 4.93. The third kappa shape index (κ3) is 5.13. The van der Waals surface area contributed by atoms with Gasteiger partial charge in [-0.05, 0) is 76.0 Å². The van der Waals surface area contributed by atoms with E-state index in [1.165, 1.54) is 44.5 Å². The molecule has 1 aliphatic heterocycles. The molecule has 0 bridgehead atoms. The maximum Gasteiger partial charge on any atom is 0.0406 e. The number of likely N-dealkylation sites (tertiary alicyclic amines) is 1. The lowest BCUT2D eigenvalue weighted by molar-refractivity contribution is 0.172. The molecule has 2 nitrogen and oxygen atoms in total. The molecule has 19 heavy (non-hydrogen) atoms. The third-order valence-corrected chi connectivity index (χ3v) is 4.20. The predicted octanol–water partition coefficient (Wildman–Crippen LogP) is 3.20. The lowest BCUT2D eigenvalue weighted by atomic mass is 9.97. The van der Waals surface area contributed by atoms with Crippen molar-refractivity contribution in [1.82, 2.24) is 10.2 Å². The smallest absolute Gasteiger partial charge is 0.0406 e. The number of aryl methyl sites for hydroxylation is 1. The van der Waals surface area contributed by atoms with Gasteiger partial charge in [0.1, 0.15) is 0 Å². The van der Waals surface area contributed by atoms with Gasteiger partial charge in [-0.1, -0.05) is 23.7 Å². The minimum Gasteiger partial charge on any atom is -0.319 e. The molecule has 1 aromatic rings. The summed E-state index contributed by atoms with van der Waals surface area (Å²) in [5.74, 6) is 0.842. The topological polar surface area (TPSA) is 15.3 Å². The van der Waals surface area contributed by atoms with Gasteiger partial charge in [-0.3, -0.25) is 0 Å². The summed E-state index contributed by atoms with van der Waals surface area (Å²) >= 11 is 5.90. The molecule has 1 aliphatic rings. The van der Waals surface area contributed by atoms with Gasteiger partial charge in [0.2, 0.25) is 0 Å². The lowest BCUT2D eigenvalue weighted by Crippen LogP contribution is -2.39. The van der Waals surface area contributed by atoms with Gasteiger partial charge in [-0.15, -0.1) is 0 Å². The molecule has 106 valence electrons. The van der Waals surface area contributed by atoms with Crippen LogP contribution in [0.5, 0.6) is 0 Å². The van der Waals surface area contributed by atoms with Crippen LogP contribution in [-0.2, 0) is 6.42 Å². The number of benzene rings is 1. The van der Waals surface area contributed by atoms with Crippen molar-refractivity contribution in [3.8, 4) is 0 Å². The highest BCUT2D eigenvalue weighted by Crippen LogP contribution is 2.16. The van der Waals surface area contributed by atoms with Gasteiger partial charge in [-0.2, -0.15) is 0 Å². The van der Waals surface area contributed by atoms with Crippen molar-refractivity contribution in [2.45, 2.75) is 25.7 Å². The Morgan fingerprint density at radius 1 is 1.32 bits per heavy atom. The molecule has 0 radical (unpaired) electrons. The molecule has 0 aliphatic carbocycles. The van der Waals surface area contributed by atoms with Crippen LogP contribution in [0.25, 0.3) is 0 Å². The highest BCUT2D eigenvalue weighted by Gasteiger charge is 2.18. The predicted molar refractivity (Wildman–Crippen MR) is 82.9 cm³/mol. The third-order valence-electron chi connectivity index (χ3n) is 3.95. The molecule has 0 spiro atoms. The first-order chi connectivity index (χ1) is 9.28. The largest absolute Gasteiger partial charge is 0.319 e. The van der Waals surface area contributed by atoms with Gasteiger partial charge >= 0.3 is 0 Å². The molecule has 0 aromatic heterocycles. The molecule has 1 fully saturated rings. The fourth-order valence-corrected chi connectivity index (χ4v) is 3.09. The summed E-state index contributed by atoms with van der Waals surface area (Å²) in [5, 5.41) is 4.13. The molecular weight excluding hydrogens is 256 g/mol. The number of piperidine rings is 1. The second-order valence-electron chi connectivity index (χ2n) is 5.60. The molecule has 1 saturated heterocycles. The summed E-state index contributed by atoms with van der Waals surface area (Å²) in [6, 6.07) is 8.26. The minimum absolute atomic E-state index is 0.828. The van der Waals surface area contributed by atoms with E-state index in [9.17, 15) is 0 Å². The maximum absolute atomic E-state index is 5.90. The van der Waals surface area contributed by atoms with Crippen molar-refractivity contribution >= 4 is 11.6 Å². The Labute approximate surface area is 122 Å². The van der Waals surface area contributed by atoms with Crippen LogP contribution in [0.15, 0.2) is 24.3 Å². The van der Waals surface area contributed by atoms with E-state index in [0.717, 1.165) is 23.9 Å². The molecular formula is C16H25ClN2. The van der Waals surface area contributed by atoms with E-state index in [-0.39, 0.29) is 0 Å². The number of hydrogen-bond donors (Lipinski definition) is 1. The molecule has 0 saturated carbocycles. The summed E-state index contributed by atoms with van der Waals surface area (Å²) < 4.78 is 0. The van der Waals surface area contributed by atoms with Gasteiger partial charge in [-0.25, -0.2) is 0 Å². The average Bonchev–Trinajstić information content (AvgIpc) is 2.42. The normalized spacial score (nSPS) is 20.6. The van der Waals surface area contributed by atoms with Crippen molar-refractivity contribution in [3.63, 3.8) is 0 Å². The van der Waals surface area contributed by atoms with Crippen LogP contribution in [-0.4, -0.2) is 38.1 Å². The van der Waals surface area contributed by atoms with Crippen LogP contribution < -0.4 is 5.32 Å². The van der Waals surface area contributed by atoms with Crippen LogP contribution in [0, 0.1) is 5.92 Å². The van der Waals surface area contributed by atoms with E-state index in [2.05, 4.69) is 29.4 Å². The highest BCUT2D eigenvalue weighted by molar-refractivity contribution is 6.30. The molecule has 3 heteroatoms. The van der Waals surface area contributed by atoms with E-state index in [1.807, 2.05) is 12.1 Å². The van der Waals surface area contributed by atoms with Crippen LogP contribution in [0.2, 0.25) is 5.02 Å². The minimum atomic E-state index is 0.828. The Balaban J connectivity index is 1.69. The van der Waals surface area contributed by atoms with E-state index < -0.39 is 0 Å². The Morgan fingerprint density at radius 3 is 2.84 bits per heavy atom. The van der Waals surface area contributed by atoms with Crippen molar-refractivity contribution in [3.05, 3.63) is 34.9 Å². The first-order valence-electron chi connectivity index (χ1n) is 7.39. The van der Waals surface area contributed by atoms with Crippen LogP contribution in [0.4, 0.5) is 0 Å². The zero-order chi connectivity index (χ0) is 13.5. The maximum atomic E-state index is 5.90. The Bertz CT molecular complexity index is 362. The molecule has 1 aromatic carbocycles. The molecule has 1 unspecified atom stereocenters. The molecule has 1 N–H and O–H groups in total. The van der Waals surface area contributed by atoms with Gasteiger partial charge in [0.25, 0.3) is 0 Å². The zero-order valence-corrected chi connectivity index (χ0v) is 12.6. The van der Waals surface area contributed by atoms with Gasteiger partial charge in [0.15, 0.2) is 0 Å². The summed E-state index contributed by atoms with van der Waals surface area (Å²) in [6.07, 6.45) is 5.14. The van der Waals surface area contributed by atoms with Crippen molar-refractivity contribution in [2.75, 3.05) is 33.2 Å². The number of halogens is 1. The Hall–Kier alpha value is -0.570. The lowest BCUT2D eigenvalue weighted by Gasteiger charge is -2.32. The molecule has 1 atom stereocenters. The van der Waals surface area contributed by atoms with Gasteiger partial charge in [0.05, 0.1) is 0 Å². The van der Waals surface area contributed by atoms with E-state index >= 15 is 0 Å². The standard InChI is InChI=1S/C16H25ClN2/c1-18-12-15-5-3-11-19(13-15)10-2-4-14-6-8-16(17)9-7-14/h6-9,15,18H,2-5,10-13H2,1H3. The summed E-state index contributed by atoms with van der Waals surface area (Å²) in [4.78, 5) is 2.63. The van der Waals surface area contributed by atoms with Crippen molar-refractivity contribution < 1.29 is 0 Å². The zero-order valence-electron chi connectivity index (χ0n) is 11.9. The van der Waals surface area contributed by atoms with Crippen molar-refractivity contribution in [2.24, 2.45) is 5.92 Å². The quantitative estimate of drug-likeness (QED) is 0.861. The number of nitrogens with one attached hydrogen (secondary N) is 1. The van der Waals surface area contributed by atoms with E-state index in [0.29, 0.717) is 0 Å². The highest BCUT2D eigenvalue weighted by atomic mass is 35.5. The SMILES string of the molecule is CNCC1CCCN(CCCc2ccc(Cl)cc2)C1. The first kappa shape index (κ1) is 14.8. The van der Waals surface area contributed by atoms with Crippen LogP contribution in [0.1, 0.15) is 24.8 Å². The Morgan fingerprint density at radius 2 is 2.11 bits per heavy atom. The van der Waals surface area contributed by atoms with Crippen LogP contribution >= 0.6 is 11.6 Å². The second kappa shape index (κ2) is 7.88. The van der Waals surface area contributed by atoms with Gasteiger partial charge in [0, 0.05) is 11.6 Å². The molecule has 2 rings (SSSR count).